The van der Waals surface area contributed by atoms with Crippen molar-refractivity contribution in [2.24, 2.45) is 17.6 Å². The second-order valence-electron chi connectivity index (χ2n) is 10.5. The lowest BCUT2D eigenvalue weighted by atomic mass is 9.77. The third-order valence-electron chi connectivity index (χ3n) is 7.31. The number of benzene rings is 2. The van der Waals surface area contributed by atoms with Gasteiger partial charge >= 0.3 is 0 Å². The number of nitrogens with two attached hydrogens (primary N) is 1. The van der Waals surface area contributed by atoms with Crippen molar-refractivity contribution in [1.82, 2.24) is 14.5 Å². The summed E-state index contributed by atoms with van der Waals surface area (Å²) in [5.41, 5.74) is 9.94. The number of hydrogen-bond acceptors (Lipinski definition) is 4. The first-order valence-corrected chi connectivity index (χ1v) is 13.1. The Hall–Kier alpha value is -2.08. The zero-order valence-electron chi connectivity index (χ0n) is 21.2. The molecule has 3 aromatic rings. The van der Waals surface area contributed by atoms with Gasteiger partial charge in [0.2, 0.25) is 5.95 Å². The highest BCUT2D eigenvalue weighted by atomic mass is 35.5. The van der Waals surface area contributed by atoms with E-state index in [1.807, 2.05) is 18.2 Å². The SMILES string of the molecule is CC(C)Cn1c(N2CCN(CCCC(N)(c3ccccc3Cl)C(C)C)CC2)nc2ccccc21. The maximum Gasteiger partial charge on any atom is 0.206 e. The fourth-order valence-corrected chi connectivity index (χ4v) is 5.50. The predicted molar refractivity (Wildman–Crippen MR) is 145 cm³/mol. The highest BCUT2D eigenvalue weighted by Gasteiger charge is 2.33. The molecule has 1 aromatic heterocycles. The topological polar surface area (TPSA) is 50.3 Å². The molecule has 1 unspecified atom stereocenters. The summed E-state index contributed by atoms with van der Waals surface area (Å²) in [6.07, 6.45) is 1.99. The maximum atomic E-state index is 6.95. The zero-order valence-corrected chi connectivity index (χ0v) is 21.9. The molecule has 0 radical (unpaired) electrons. The number of fused-ring (bicyclic) bond motifs is 1. The van der Waals surface area contributed by atoms with Gasteiger partial charge in [0, 0.05) is 43.3 Å². The first-order valence-electron chi connectivity index (χ1n) is 12.8. The number of para-hydroxylation sites is 2. The van der Waals surface area contributed by atoms with Crippen molar-refractivity contribution in [2.75, 3.05) is 37.6 Å². The summed E-state index contributed by atoms with van der Waals surface area (Å²) in [5, 5.41) is 0.775. The normalized spacial score (nSPS) is 17.1. The second-order valence-corrected chi connectivity index (χ2v) is 10.9. The molecule has 0 saturated carbocycles. The van der Waals surface area contributed by atoms with Crippen LogP contribution in [0.15, 0.2) is 48.5 Å². The molecule has 0 aliphatic carbocycles. The number of piperazine rings is 1. The molecule has 2 heterocycles. The molecule has 0 amide bonds. The lowest BCUT2D eigenvalue weighted by Gasteiger charge is -2.38. The molecular formula is C28H40ClN5. The van der Waals surface area contributed by atoms with E-state index >= 15 is 0 Å². The van der Waals surface area contributed by atoms with E-state index < -0.39 is 5.54 Å². The van der Waals surface area contributed by atoms with Crippen molar-refractivity contribution in [2.45, 2.75) is 52.6 Å². The van der Waals surface area contributed by atoms with Gasteiger partial charge in [-0.05, 0) is 55.0 Å². The van der Waals surface area contributed by atoms with E-state index in [9.17, 15) is 0 Å². The molecule has 0 bridgehead atoms. The zero-order chi connectivity index (χ0) is 24.3. The number of halogens is 1. The molecule has 2 N–H and O–H groups in total. The van der Waals surface area contributed by atoms with Crippen LogP contribution in [0.25, 0.3) is 11.0 Å². The number of aromatic nitrogens is 2. The average molecular weight is 482 g/mol. The molecule has 1 atom stereocenters. The minimum Gasteiger partial charge on any atom is -0.340 e. The van der Waals surface area contributed by atoms with Gasteiger partial charge in [0.05, 0.1) is 11.0 Å². The van der Waals surface area contributed by atoms with Gasteiger partial charge in [0.1, 0.15) is 0 Å². The lowest BCUT2D eigenvalue weighted by Crippen LogP contribution is -2.48. The minimum atomic E-state index is -0.401. The summed E-state index contributed by atoms with van der Waals surface area (Å²) in [4.78, 5) is 10.0. The van der Waals surface area contributed by atoms with Crippen LogP contribution >= 0.6 is 11.6 Å². The Balaban J connectivity index is 1.37. The van der Waals surface area contributed by atoms with E-state index in [2.05, 4.69) is 72.4 Å². The Labute approximate surface area is 209 Å². The van der Waals surface area contributed by atoms with Gasteiger partial charge in [-0.25, -0.2) is 4.98 Å². The molecule has 6 heteroatoms. The van der Waals surface area contributed by atoms with Crippen LogP contribution in [0.3, 0.4) is 0 Å². The molecule has 1 saturated heterocycles. The Morgan fingerprint density at radius 2 is 1.65 bits per heavy atom. The van der Waals surface area contributed by atoms with Crippen LogP contribution in [0, 0.1) is 11.8 Å². The van der Waals surface area contributed by atoms with Crippen molar-refractivity contribution in [3.8, 4) is 0 Å². The standard InChI is InChI=1S/C28H40ClN5/c1-21(2)20-34-26-13-8-7-12-25(26)31-27(34)33-18-16-32(17-19-33)15-9-14-28(30,22(3)4)23-10-5-6-11-24(23)29/h5-8,10-13,21-22H,9,14-20,30H2,1-4H3. The van der Waals surface area contributed by atoms with Crippen molar-refractivity contribution in [3.05, 3.63) is 59.1 Å². The van der Waals surface area contributed by atoms with Crippen LogP contribution in [0.4, 0.5) is 5.95 Å². The molecule has 1 aliphatic heterocycles. The summed E-state index contributed by atoms with van der Waals surface area (Å²) >= 11 is 6.52. The quantitative estimate of drug-likeness (QED) is 0.422. The molecule has 184 valence electrons. The monoisotopic (exact) mass is 481 g/mol. The van der Waals surface area contributed by atoms with Gasteiger partial charge in [-0.3, -0.25) is 4.90 Å². The van der Waals surface area contributed by atoms with Gasteiger partial charge in [-0.2, -0.15) is 0 Å². The Kier molecular flexibility index (Phi) is 7.86. The van der Waals surface area contributed by atoms with E-state index in [4.69, 9.17) is 22.3 Å². The van der Waals surface area contributed by atoms with Gasteiger partial charge in [-0.15, -0.1) is 0 Å². The number of imidazole rings is 1. The molecule has 5 nitrogen and oxygen atoms in total. The van der Waals surface area contributed by atoms with Crippen LogP contribution in [-0.2, 0) is 12.1 Å². The van der Waals surface area contributed by atoms with Crippen molar-refractivity contribution in [1.29, 1.82) is 0 Å². The van der Waals surface area contributed by atoms with Crippen molar-refractivity contribution < 1.29 is 0 Å². The third kappa shape index (κ3) is 5.27. The second kappa shape index (κ2) is 10.7. The summed E-state index contributed by atoms with van der Waals surface area (Å²) in [6.45, 7) is 15.1. The number of nitrogens with zero attached hydrogens (tertiary/aromatic N) is 4. The van der Waals surface area contributed by atoms with E-state index in [1.54, 1.807) is 0 Å². The van der Waals surface area contributed by atoms with Crippen LogP contribution in [0.5, 0.6) is 0 Å². The fraction of sp³-hybridized carbons (Fsp3) is 0.536. The van der Waals surface area contributed by atoms with Gasteiger partial charge in [-0.1, -0.05) is 69.6 Å². The maximum absolute atomic E-state index is 6.95. The van der Waals surface area contributed by atoms with Crippen LogP contribution in [-0.4, -0.2) is 47.2 Å². The van der Waals surface area contributed by atoms with Crippen molar-refractivity contribution in [3.63, 3.8) is 0 Å². The van der Waals surface area contributed by atoms with Crippen LogP contribution in [0.1, 0.15) is 46.1 Å². The van der Waals surface area contributed by atoms with Crippen LogP contribution < -0.4 is 10.6 Å². The van der Waals surface area contributed by atoms with Gasteiger partial charge in [0.15, 0.2) is 0 Å². The van der Waals surface area contributed by atoms with E-state index in [-0.39, 0.29) is 0 Å². The molecule has 0 spiro atoms. The van der Waals surface area contributed by atoms with Gasteiger partial charge in [0.25, 0.3) is 0 Å². The first kappa shape index (κ1) is 25.0. The lowest BCUT2D eigenvalue weighted by molar-refractivity contribution is 0.223. The van der Waals surface area contributed by atoms with E-state index in [0.29, 0.717) is 11.8 Å². The van der Waals surface area contributed by atoms with Gasteiger partial charge < -0.3 is 15.2 Å². The first-order chi connectivity index (χ1) is 16.3. The fourth-order valence-electron chi connectivity index (χ4n) is 5.19. The highest BCUT2D eigenvalue weighted by Crippen LogP contribution is 2.36. The summed E-state index contributed by atoms with van der Waals surface area (Å²) in [7, 11) is 0. The Bertz CT molecular complexity index is 1080. The average Bonchev–Trinajstić information content (AvgIpc) is 3.17. The highest BCUT2D eigenvalue weighted by molar-refractivity contribution is 6.31. The van der Waals surface area contributed by atoms with E-state index in [0.717, 1.165) is 74.2 Å². The summed E-state index contributed by atoms with van der Waals surface area (Å²) in [6, 6.07) is 16.6. The molecular weight excluding hydrogens is 442 g/mol. The molecule has 1 fully saturated rings. The van der Waals surface area contributed by atoms with Crippen molar-refractivity contribution >= 4 is 28.6 Å². The number of anilines is 1. The number of rotatable bonds is 9. The molecule has 1 aliphatic rings. The van der Waals surface area contributed by atoms with Crippen LogP contribution in [0.2, 0.25) is 5.02 Å². The third-order valence-corrected chi connectivity index (χ3v) is 7.64. The predicted octanol–water partition coefficient (Wildman–Crippen LogP) is 5.76. The minimum absolute atomic E-state index is 0.318. The number of hydrogen-bond donors (Lipinski definition) is 1. The Morgan fingerprint density at radius 1 is 0.971 bits per heavy atom. The molecule has 34 heavy (non-hydrogen) atoms. The molecule has 2 aromatic carbocycles. The van der Waals surface area contributed by atoms with E-state index in [1.165, 1.54) is 5.52 Å². The smallest absolute Gasteiger partial charge is 0.206 e. The Morgan fingerprint density at radius 3 is 2.32 bits per heavy atom. The summed E-state index contributed by atoms with van der Waals surface area (Å²) < 4.78 is 2.41. The summed E-state index contributed by atoms with van der Waals surface area (Å²) in [5.74, 6) is 2.01. The molecule has 4 rings (SSSR count). The largest absolute Gasteiger partial charge is 0.340 e.